The molecule has 1 aliphatic heterocycles. The van der Waals surface area contributed by atoms with Gasteiger partial charge in [0.1, 0.15) is 11.4 Å². The number of hydrogen-bond acceptors (Lipinski definition) is 6. The Bertz CT molecular complexity index is 1250. The minimum atomic E-state index is -3.78. The number of amidine groups is 1. The van der Waals surface area contributed by atoms with E-state index >= 15 is 0 Å². The van der Waals surface area contributed by atoms with Crippen LogP contribution in [-0.4, -0.2) is 33.3 Å². The van der Waals surface area contributed by atoms with Gasteiger partial charge in [-0.15, -0.1) is 0 Å². The van der Waals surface area contributed by atoms with Crippen LogP contribution < -0.4 is 10.0 Å². The zero-order chi connectivity index (χ0) is 21.8. The molecule has 8 nitrogen and oxygen atoms in total. The number of nitrogens with one attached hydrogen (secondary N) is 2. The highest BCUT2D eigenvalue weighted by Gasteiger charge is 2.22. The predicted molar refractivity (Wildman–Crippen MR) is 118 cm³/mol. The summed E-state index contributed by atoms with van der Waals surface area (Å²) in [6.45, 7) is 3.23. The number of hydrogen-bond donors (Lipinski definition) is 2. The van der Waals surface area contributed by atoms with Gasteiger partial charge in [0, 0.05) is 36.2 Å². The molecule has 4 rings (SSSR count). The Kier molecular flexibility index (Phi) is 6.06. The highest BCUT2D eigenvalue weighted by molar-refractivity contribution is 7.90. The van der Waals surface area contributed by atoms with Gasteiger partial charge in [-0.25, -0.2) is 8.42 Å². The zero-order valence-electron chi connectivity index (χ0n) is 17.1. The lowest BCUT2D eigenvalue weighted by molar-refractivity contribution is 0.0984. The van der Waals surface area contributed by atoms with Gasteiger partial charge in [0.05, 0.1) is 11.5 Å². The van der Waals surface area contributed by atoms with Crippen LogP contribution in [0.15, 0.2) is 62.8 Å². The van der Waals surface area contributed by atoms with Gasteiger partial charge in [-0.2, -0.15) is 0 Å². The van der Waals surface area contributed by atoms with Crippen LogP contribution in [0, 0.1) is 0 Å². The number of nitrogens with zero attached hydrogens (tertiary/aromatic N) is 1. The molecule has 2 N–H and O–H groups in total. The third-order valence-corrected chi connectivity index (χ3v) is 6.26. The third kappa shape index (κ3) is 4.62. The second-order valence-corrected chi connectivity index (χ2v) is 8.74. The van der Waals surface area contributed by atoms with Crippen LogP contribution in [0.1, 0.15) is 35.9 Å². The molecule has 0 saturated carbocycles. The van der Waals surface area contributed by atoms with Gasteiger partial charge >= 0.3 is 0 Å². The van der Waals surface area contributed by atoms with Crippen LogP contribution in [0.5, 0.6) is 0 Å². The molecule has 0 unspecified atom stereocenters. The maximum atomic E-state index is 13.0. The number of aliphatic imine (C=N–C) groups is 1. The summed E-state index contributed by atoms with van der Waals surface area (Å²) >= 11 is 0. The first-order chi connectivity index (χ1) is 15.0. The van der Waals surface area contributed by atoms with Crippen molar-refractivity contribution in [3.05, 3.63) is 59.9 Å². The Hall–Kier alpha value is -3.17. The van der Waals surface area contributed by atoms with Crippen LogP contribution in [0.3, 0.4) is 0 Å². The van der Waals surface area contributed by atoms with Gasteiger partial charge in [-0.1, -0.05) is 24.3 Å². The van der Waals surface area contributed by atoms with E-state index in [1.54, 1.807) is 18.2 Å². The number of carbonyl (C=O) groups excluding carboxylic acids is 1. The van der Waals surface area contributed by atoms with Crippen molar-refractivity contribution < 1.29 is 22.4 Å². The van der Waals surface area contributed by atoms with E-state index in [1.165, 1.54) is 12.1 Å². The van der Waals surface area contributed by atoms with E-state index in [9.17, 15) is 13.2 Å². The molecule has 0 aliphatic carbocycles. The standard InChI is InChI=1S/C22H23N3O5S/c1-2-29-14-18-17-9-3-4-10-19(17)30-21(18)22(26)24-15-7-5-8-16(13-15)31(27,28)25-20-11-6-12-23-20/h3-5,7-10,13H,2,6,11-12,14H2,1H3,(H,23,25)(H,24,26). The van der Waals surface area contributed by atoms with E-state index < -0.39 is 15.9 Å². The smallest absolute Gasteiger partial charge is 0.291 e. The fraction of sp³-hybridized carbons (Fsp3) is 0.273. The maximum Gasteiger partial charge on any atom is 0.291 e. The van der Waals surface area contributed by atoms with E-state index in [0.29, 0.717) is 42.2 Å². The molecule has 31 heavy (non-hydrogen) atoms. The summed E-state index contributed by atoms with van der Waals surface area (Å²) < 4.78 is 39.1. The number of amides is 1. The SMILES string of the molecule is CCOCc1c(C(=O)Nc2cccc(S(=O)(=O)NC3=NCCC3)c2)oc2ccccc12. The first kappa shape index (κ1) is 21.1. The number of rotatable bonds is 7. The number of anilines is 1. The Balaban J connectivity index is 1.59. The number of carbonyl (C=O) groups is 1. The fourth-order valence-electron chi connectivity index (χ4n) is 3.40. The van der Waals surface area contributed by atoms with E-state index in [2.05, 4.69) is 15.0 Å². The largest absolute Gasteiger partial charge is 0.451 e. The molecule has 0 spiro atoms. The van der Waals surface area contributed by atoms with Crippen molar-refractivity contribution in [1.29, 1.82) is 0 Å². The lowest BCUT2D eigenvalue weighted by Crippen LogP contribution is -2.29. The van der Waals surface area contributed by atoms with Crippen molar-refractivity contribution in [1.82, 2.24) is 4.72 Å². The van der Waals surface area contributed by atoms with E-state index in [4.69, 9.17) is 9.15 Å². The van der Waals surface area contributed by atoms with Crippen LogP contribution in [-0.2, 0) is 21.4 Å². The second-order valence-electron chi connectivity index (χ2n) is 7.06. The summed E-state index contributed by atoms with van der Waals surface area (Å²) in [5.41, 5.74) is 1.57. The summed E-state index contributed by atoms with van der Waals surface area (Å²) in [5.74, 6) is 0.118. The average Bonchev–Trinajstić information content (AvgIpc) is 3.39. The Morgan fingerprint density at radius 1 is 1.19 bits per heavy atom. The predicted octanol–water partition coefficient (Wildman–Crippen LogP) is 3.69. The monoisotopic (exact) mass is 441 g/mol. The minimum Gasteiger partial charge on any atom is -0.451 e. The van der Waals surface area contributed by atoms with Gasteiger partial charge in [-0.3, -0.25) is 14.5 Å². The topological polar surface area (TPSA) is 110 Å². The number of para-hydroxylation sites is 1. The first-order valence-corrected chi connectivity index (χ1v) is 11.5. The summed E-state index contributed by atoms with van der Waals surface area (Å²) in [4.78, 5) is 17.1. The summed E-state index contributed by atoms with van der Waals surface area (Å²) in [6, 6.07) is 13.4. The van der Waals surface area contributed by atoms with Crippen LogP contribution >= 0.6 is 0 Å². The van der Waals surface area contributed by atoms with Crippen molar-refractivity contribution in [2.45, 2.75) is 31.3 Å². The first-order valence-electron chi connectivity index (χ1n) is 10.0. The van der Waals surface area contributed by atoms with Crippen molar-refractivity contribution in [2.24, 2.45) is 4.99 Å². The molecule has 3 aromatic rings. The van der Waals surface area contributed by atoms with Gasteiger partial charge in [0.25, 0.3) is 15.9 Å². The molecule has 0 atom stereocenters. The zero-order valence-corrected chi connectivity index (χ0v) is 17.9. The Labute approximate surface area is 180 Å². The van der Waals surface area contributed by atoms with Crippen LogP contribution in [0.2, 0.25) is 0 Å². The van der Waals surface area contributed by atoms with Gasteiger partial charge in [-0.05, 0) is 37.6 Å². The number of benzene rings is 2. The normalized spacial score (nSPS) is 13.9. The minimum absolute atomic E-state index is 0.0408. The van der Waals surface area contributed by atoms with Crippen LogP contribution in [0.4, 0.5) is 5.69 Å². The number of fused-ring (bicyclic) bond motifs is 1. The van der Waals surface area contributed by atoms with E-state index in [1.807, 2.05) is 25.1 Å². The summed E-state index contributed by atoms with van der Waals surface area (Å²) in [7, 11) is -3.78. The highest BCUT2D eigenvalue weighted by Crippen LogP contribution is 2.28. The van der Waals surface area contributed by atoms with Crippen molar-refractivity contribution in [3.8, 4) is 0 Å². The molecule has 2 heterocycles. The summed E-state index contributed by atoms with van der Waals surface area (Å²) in [6.07, 6.45) is 1.43. The highest BCUT2D eigenvalue weighted by atomic mass is 32.2. The Morgan fingerprint density at radius 3 is 2.81 bits per heavy atom. The molecule has 162 valence electrons. The van der Waals surface area contributed by atoms with E-state index in [0.717, 1.165) is 11.8 Å². The lowest BCUT2D eigenvalue weighted by atomic mass is 10.1. The van der Waals surface area contributed by atoms with Crippen molar-refractivity contribution in [3.63, 3.8) is 0 Å². The number of sulfonamides is 1. The molecule has 1 aromatic heterocycles. The maximum absolute atomic E-state index is 13.0. The lowest BCUT2D eigenvalue weighted by Gasteiger charge is -2.10. The summed E-state index contributed by atoms with van der Waals surface area (Å²) in [5, 5.41) is 3.54. The number of furan rings is 1. The molecule has 2 aromatic carbocycles. The third-order valence-electron chi connectivity index (χ3n) is 4.88. The average molecular weight is 442 g/mol. The molecule has 0 radical (unpaired) electrons. The second kappa shape index (κ2) is 8.91. The molecule has 1 aliphatic rings. The molecular weight excluding hydrogens is 418 g/mol. The molecule has 1 amide bonds. The van der Waals surface area contributed by atoms with Gasteiger partial charge in [0.2, 0.25) is 0 Å². The molecule has 0 saturated heterocycles. The van der Waals surface area contributed by atoms with Crippen LogP contribution in [0.25, 0.3) is 11.0 Å². The molecule has 0 bridgehead atoms. The van der Waals surface area contributed by atoms with E-state index in [-0.39, 0.29) is 17.3 Å². The quantitative estimate of drug-likeness (QED) is 0.581. The fourth-order valence-corrected chi connectivity index (χ4v) is 4.53. The molecule has 9 heteroatoms. The number of ether oxygens (including phenoxy) is 1. The Morgan fingerprint density at radius 2 is 2.03 bits per heavy atom. The van der Waals surface area contributed by atoms with Gasteiger partial charge in [0.15, 0.2) is 5.76 Å². The van der Waals surface area contributed by atoms with Crippen molar-refractivity contribution in [2.75, 3.05) is 18.5 Å². The van der Waals surface area contributed by atoms with Gasteiger partial charge < -0.3 is 14.5 Å². The van der Waals surface area contributed by atoms with Crippen molar-refractivity contribution >= 4 is 38.4 Å². The molecule has 0 fully saturated rings. The molecular formula is C22H23N3O5S.